The number of aromatic hydroxyl groups is 1. The quantitative estimate of drug-likeness (QED) is 0.778. The van der Waals surface area contributed by atoms with Gasteiger partial charge in [0.2, 0.25) is 10.0 Å². The largest absolute Gasteiger partial charge is 0.506 e. The van der Waals surface area contributed by atoms with Crippen LogP contribution in [0, 0.1) is 0 Å². The summed E-state index contributed by atoms with van der Waals surface area (Å²) in [5.74, 6) is -0.246. The lowest BCUT2D eigenvalue weighted by atomic mass is 10.1. The standard InChI is InChI=1S/C10H15NO5S2/c1-3-8-4-5-10(12)9(6-8)11-18(15,16)7-17(2,13)14/h4-6,11-12H,3,7H2,1-2H3. The molecule has 0 fully saturated rings. The van der Waals surface area contributed by atoms with Crippen molar-refractivity contribution in [1.82, 2.24) is 0 Å². The molecule has 0 spiro atoms. The molecular formula is C10H15NO5S2. The molecule has 0 aliphatic heterocycles. The molecule has 0 aliphatic carbocycles. The minimum absolute atomic E-state index is 0.0157. The van der Waals surface area contributed by atoms with Crippen LogP contribution in [0.1, 0.15) is 12.5 Å². The minimum atomic E-state index is -4.04. The van der Waals surface area contributed by atoms with Gasteiger partial charge in [0.25, 0.3) is 0 Å². The second kappa shape index (κ2) is 5.15. The molecule has 18 heavy (non-hydrogen) atoms. The Kier molecular flexibility index (Phi) is 4.23. The highest BCUT2D eigenvalue weighted by Crippen LogP contribution is 2.25. The summed E-state index contributed by atoms with van der Waals surface area (Å²) in [4.78, 5) is 0. The van der Waals surface area contributed by atoms with Gasteiger partial charge in [0.15, 0.2) is 14.9 Å². The fourth-order valence-corrected chi connectivity index (χ4v) is 4.35. The van der Waals surface area contributed by atoms with Crippen molar-refractivity contribution < 1.29 is 21.9 Å². The van der Waals surface area contributed by atoms with Crippen LogP contribution in [0.2, 0.25) is 0 Å². The summed E-state index contributed by atoms with van der Waals surface area (Å²) in [7, 11) is -7.70. The average molecular weight is 293 g/mol. The SMILES string of the molecule is CCc1ccc(O)c(NS(=O)(=O)CS(C)(=O)=O)c1. The molecule has 0 heterocycles. The van der Waals surface area contributed by atoms with Gasteiger partial charge in [-0.05, 0) is 24.1 Å². The fourth-order valence-electron chi connectivity index (χ4n) is 1.36. The van der Waals surface area contributed by atoms with Crippen LogP contribution in [0.15, 0.2) is 18.2 Å². The Morgan fingerprint density at radius 2 is 1.83 bits per heavy atom. The summed E-state index contributed by atoms with van der Waals surface area (Å²) < 4.78 is 47.1. The van der Waals surface area contributed by atoms with Gasteiger partial charge in [-0.2, -0.15) is 0 Å². The Hall–Kier alpha value is -1.28. The van der Waals surface area contributed by atoms with Gasteiger partial charge in [0.05, 0.1) is 5.69 Å². The number of nitrogens with one attached hydrogen (secondary N) is 1. The van der Waals surface area contributed by atoms with Crippen molar-refractivity contribution in [2.75, 3.05) is 16.1 Å². The molecule has 1 rings (SSSR count). The molecule has 0 atom stereocenters. The van der Waals surface area contributed by atoms with Crippen molar-refractivity contribution in [3.8, 4) is 5.75 Å². The van der Waals surface area contributed by atoms with Crippen LogP contribution in [0.5, 0.6) is 5.75 Å². The molecule has 0 unspecified atom stereocenters. The van der Waals surface area contributed by atoms with Gasteiger partial charge in [-0.1, -0.05) is 13.0 Å². The lowest BCUT2D eigenvalue weighted by Gasteiger charge is -2.10. The maximum absolute atomic E-state index is 11.6. The number of rotatable bonds is 5. The van der Waals surface area contributed by atoms with Crippen LogP contribution in [0.25, 0.3) is 0 Å². The average Bonchev–Trinajstić information content (AvgIpc) is 2.17. The van der Waals surface area contributed by atoms with E-state index in [9.17, 15) is 21.9 Å². The van der Waals surface area contributed by atoms with Crippen LogP contribution in [0.4, 0.5) is 5.69 Å². The predicted octanol–water partition coefficient (Wildman–Crippen LogP) is 0.698. The zero-order chi connectivity index (χ0) is 14.0. The van der Waals surface area contributed by atoms with Gasteiger partial charge in [-0.3, -0.25) is 4.72 Å². The molecule has 6 nitrogen and oxygen atoms in total. The smallest absolute Gasteiger partial charge is 0.247 e. The van der Waals surface area contributed by atoms with E-state index in [0.29, 0.717) is 6.42 Å². The molecule has 0 bridgehead atoms. The van der Waals surface area contributed by atoms with E-state index in [0.717, 1.165) is 11.8 Å². The van der Waals surface area contributed by atoms with Gasteiger partial charge in [0.1, 0.15) is 5.75 Å². The molecule has 0 amide bonds. The Bertz CT molecular complexity index is 634. The first-order valence-electron chi connectivity index (χ1n) is 5.13. The summed E-state index contributed by atoms with van der Waals surface area (Å²) in [5, 5.41) is 8.50. The van der Waals surface area contributed by atoms with Crippen molar-refractivity contribution >= 4 is 25.5 Å². The highest BCUT2D eigenvalue weighted by Gasteiger charge is 2.19. The van der Waals surface area contributed by atoms with E-state index in [1.807, 2.05) is 6.92 Å². The first-order chi connectivity index (χ1) is 8.13. The Labute approximate surface area is 107 Å². The van der Waals surface area contributed by atoms with E-state index >= 15 is 0 Å². The maximum Gasteiger partial charge on any atom is 0.247 e. The number of anilines is 1. The highest BCUT2D eigenvalue weighted by molar-refractivity contribution is 8.08. The summed E-state index contributed by atoms with van der Waals surface area (Å²) >= 11 is 0. The molecular weight excluding hydrogens is 278 g/mol. The van der Waals surface area contributed by atoms with Gasteiger partial charge < -0.3 is 5.11 Å². The van der Waals surface area contributed by atoms with Crippen LogP contribution in [-0.4, -0.2) is 33.3 Å². The fraction of sp³-hybridized carbons (Fsp3) is 0.400. The van der Waals surface area contributed by atoms with E-state index in [4.69, 9.17) is 0 Å². The van der Waals surface area contributed by atoms with Crippen LogP contribution in [-0.2, 0) is 26.3 Å². The second-order valence-electron chi connectivity index (χ2n) is 3.97. The lowest BCUT2D eigenvalue weighted by molar-refractivity contribution is 0.477. The molecule has 1 aromatic rings. The topological polar surface area (TPSA) is 101 Å². The number of benzene rings is 1. The third kappa shape index (κ3) is 4.53. The molecule has 2 N–H and O–H groups in total. The summed E-state index contributed by atoms with van der Waals surface area (Å²) in [6.07, 6.45) is 1.50. The molecule has 0 saturated heterocycles. The third-order valence-corrected chi connectivity index (χ3v) is 5.59. The Morgan fingerprint density at radius 3 is 2.33 bits per heavy atom. The van der Waals surface area contributed by atoms with Crippen molar-refractivity contribution in [3.05, 3.63) is 23.8 Å². The van der Waals surface area contributed by atoms with Crippen LogP contribution in [0.3, 0.4) is 0 Å². The summed E-state index contributed by atoms with van der Waals surface area (Å²) in [5.41, 5.74) is 0.808. The second-order valence-corrected chi connectivity index (χ2v) is 8.19. The van der Waals surface area contributed by atoms with Gasteiger partial charge in [0, 0.05) is 6.26 Å². The van der Waals surface area contributed by atoms with Crippen LogP contribution >= 0.6 is 0 Å². The van der Waals surface area contributed by atoms with Crippen LogP contribution < -0.4 is 4.72 Å². The first kappa shape index (κ1) is 14.8. The molecule has 0 radical (unpaired) electrons. The molecule has 0 saturated carbocycles. The highest BCUT2D eigenvalue weighted by atomic mass is 32.3. The minimum Gasteiger partial charge on any atom is -0.506 e. The Morgan fingerprint density at radius 1 is 1.22 bits per heavy atom. The van der Waals surface area contributed by atoms with Gasteiger partial charge >= 0.3 is 0 Å². The maximum atomic E-state index is 11.6. The van der Waals surface area contributed by atoms with Crippen molar-refractivity contribution in [2.24, 2.45) is 0 Å². The number of sulfonamides is 1. The molecule has 102 valence electrons. The zero-order valence-electron chi connectivity index (χ0n) is 10.0. The number of hydrogen-bond acceptors (Lipinski definition) is 5. The van der Waals surface area contributed by atoms with Crippen molar-refractivity contribution in [1.29, 1.82) is 0 Å². The third-order valence-electron chi connectivity index (χ3n) is 2.10. The Balaban J connectivity index is 3.04. The monoisotopic (exact) mass is 293 g/mol. The number of hydrogen-bond donors (Lipinski definition) is 2. The molecule has 0 aromatic heterocycles. The molecule has 1 aromatic carbocycles. The lowest BCUT2D eigenvalue weighted by Crippen LogP contribution is -2.22. The van der Waals surface area contributed by atoms with Crippen molar-refractivity contribution in [2.45, 2.75) is 13.3 Å². The van der Waals surface area contributed by atoms with Gasteiger partial charge in [-0.25, -0.2) is 16.8 Å². The number of aryl methyl sites for hydroxylation is 1. The number of phenolic OH excluding ortho intramolecular Hbond substituents is 1. The normalized spacial score (nSPS) is 12.3. The van der Waals surface area contributed by atoms with E-state index < -0.39 is 24.9 Å². The van der Waals surface area contributed by atoms with E-state index in [-0.39, 0.29) is 11.4 Å². The number of sulfone groups is 1. The predicted molar refractivity (Wildman–Crippen MR) is 69.7 cm³/mol. The van der Waals surface area contributed by atoms with E-state index in [2.05, 4.69) is 4.72 Å². The first-order valence-corrected chi connectivity index (χ1v) is 8.84. The summed E-state index contributed by atoms with van der Waals surface area (Å²) in [6, 6.07) is 4.48. The number of phenols is 1. The molecule has 0 aliphatic rings. The molecule has 8 heteroatoms. The van der Waals surface area contributed by atoms with E-state index in [1.54, 1.807) is 6.07 Å². The summed E-state index contributed by atoms with van der Waals surface area (Å²) in [6.45, 7) is 1.88. The van der Waals surface area contributed by atoms with E-state index in [1.165, 1.54) is 12.1 Å². The van der Waals surface area contributed by atoms with Gasteiger partial charge in [-0.15, -0.1) is 0 Å². The van der Waals surface area contributed by atoms with Crippen molar-refractivity contribution in [3.63, 3.8) is 0 Å². The zero-order valence-corrected chi connectivity index (χ0v) is 11.7.